The van der Waals surface area contributed by atoms with Crippen molar-refractivity contribution in [3.8, 4) is 0 Å². The van der Waals surface area contributed by atoms with Crippen molar-refractivity contribution in [1.82, 2.24) is 4.90 Å². The van der Waals surface area contributed by atoms with E-state index in [-0.39, 0.29) is 5.96 Å². The van der Waals surface area contributed by atoms with Gasteiger partial charge in [0.1, 0.15) is 12.1 Å². The van der Waals surface area contributed by atoms with Crippen LogP contribution in [0.2, 0.25) is 0 Å². The predicted octanol–water partition coefficient (Wildman–Crippen LogP) is 1.48. The van der Waals surface area contributed by atoms with Crippen molar-refractivity contribution in [3.05, 3.63) is 29.6 Å². The molecule has 114 valence electrons. The van der Waals surface area contributed by atoms with E-state index in [2.05, 4.69) is 4.99 Å². The summed E-state index contributed by atoms with van der Waals surface area (Å²) in [6.07, 6.45) is 0.823. The Morgan fingerprint density at radius 1 is 1.33 bits per heavy atom. The molecule has 0 saturated heterocycles. The lowest BCUT2D eigenvalue weighted by Gasteiger charge is -2.51. The second kappa shape index (κ2) is 4.72. The lowest BCUT2D eigenvalue weighted by molar-refractivity contribution is -0.116. The number of aliphatic imine (C=N–C) groups is 1. The first-order valence-electron chi connectivity index (χ1n) is 6.74. The highest BCUT2D eigenvalue weighted by Gasteiger charge is 2.53. The third kappa shape index (κ3) is 2.05. The van der Waals surface area contributed by atoms with Crippen LogP contribution in [0.3, 0.4) is 0 Å². The Balaban J connectivity index is 2.74. The van der Waals surface area contributed by atoms with Gasteiger partial charge in [-0.2, -0.15) is 0 Å². The van der Waals surface area contributed by atoms with Crippen molar-refractivity contribution < 1.29 is 9.18 Å². The highest BCUT2D eigenvalue weighted by molar-refractivity contribution is 5.84. The number of carbonyl (C=O) groups is 1. The zero-order valence-electron chi connectivity index (χ0n) is 12.7. The van der Waals surface area contributed by atoms with Gasteiger partial charge in [0.25, 0.3) is 0 Å². The number of hydrogen-bond acceptors (Lipinski definition) is 5. The van der Waals surface area contributed by atoms with Crippen LogP contribution in [0, 0.1) is 11.2 Å². The number of hydrogen-bond donors (Lipinski definition) is 2. The van der Waals surface area contributed by atoms with Crippen LogP contribution in [-0.2, 0) is 10.3 Å². The Labute approximate surface area is 123 Å². The molecule has 0 saturated carbocycles. The van der Waals surface area contributed by atoms with E-state index in [1.54, 1.807) is 24.9 Å². The van der Waals surface area contributed by atoms with Crippen LogP contribution in [0.25, 0.3) is 0 Å². The highest BCUT2D eigenvalue weighted by Crippen LogP contribution is 2.49. The molecule has 21 heavy (non-hydrogen) atoms. The molecule has 2 unspecified atom stereocenters. The quantitative estimate of drug-likeness (QED) is 0.638. The summed E-state index contributed by atoms with van der Waals surface area (Å²) >= 11 is 0. The second-order valence-corrected chi connectivity index (χ2v) is 6.20. The largest absolute Gasteiger partial charge is 0.399 e. The number of rotatable bonds is 2. The molecule has 0 aromatic heterocycles. The molecule has 0 amide bonds. The summed E-state index contributed by atoms with van der Waals surface area (Å²) in [6.45, 7) is 5.53. The summed E-state index contributed by atoms with van der Waals surface area (Å²) in [6, 6.07) is 3.85. The first-order valence-corrected chi connectivity index (χ1v) is 6.74. The van der Waals surface area contributed by atoms with Gasteiger partial charge < -0.3 is 21.2 Å². The zero-order chi connectivity index (χ0) is 16.0. The van der Waals surface area contributed by atoms with E-state index in [0.717, 1.165) is 6.29 Å². The minimum Gasteiger partial charge on any atom is -0.399 e. The van der Waals surface area contributed by atoms with E-state index < -0.39 is 22.8 Å². The molecule has 0 bridgehead atoms. The summed E-state index contributed by atoms with van der Waals surface area (Å²) in [7, 11) is 1.70. The number of nitrogens with zero attached hydrogens (tertiary/aromatic N) is 2. The van der Waals surface area contributed by atoms with Gasteiger partial charge in [-0.3, -0.25) is 0 Å². The number of halogens is 1. The predicted molar refractivity (Wildman–Crippen MR) is 81.2 cm³/mol. The zero-order valence-corrected chi connectivity index (χ0v) is 12.7. The Hall–Kier alpha value is -2.11. The van der Waals surface area contributed by atoms with Crippen LogP contribution in [0.4, 0.5) is 10.1 Å². The van der Waals surface area contributed by atoms with E-state index in [4.69, 9.17) is 11.5 Å². The SMILES string of the molecule is CN1C(N)=NC(C)(c2cc(N)ccc2F)C(C)(C)C1C=O. The number of aldehydes is 1. The molecule has 1 aliphatic rings. The molecule has 1 aliphatic heterocycles. The van der Waals surface area contributed by atoms with Gasteiger partial charge in [-0.1, -0.05) is 13.8 Å². The van der Waals surface area contributed by atoms with Gasteiger partial charge in [0.15, 0.2) is 5.96 Å². The maximum atomic E-state index is 14.3. The summed E-state index contributed by atoms with van der Waals surface area (Å²) < 4.78 is 14.3. The van der Waals surface area contributed by atoms with Gasteiger partial charge in [-0.05, 0) is 25.1 Å². The number of guanidine groups is 1. The van der Waals surface area contributed by atoms with Crippen LogP contribution in [-0.4, -0.2) is 30.2 Å². The molecular formula is C15H21FN4O. The normalized spacial score (nSPS) is 28.1. The minimum atomic E-state index is -0.991. The fourth-order valence-electron chi connectivity index (χ4n) is 2.95. The topological polar surface area (TPSA) is 84.7 Å². The molecule has 2 atom stereocenters. The van der Waals surface area contributed by atoms with Gasteiger partial charge >= 0.3 is 0 Å². The van der Waals surface area contributed by atoms with Crippen LogP contribution >= 0.6 is 0 Å². The van der Waals surface area contributed by atoms with E-state index in [1.807, 2.05) is 13.8 Å². The monoisotopic (exact) mass is 292 g/mol. The summed E-state index contributed by atoms with van der Waals surface area (Å²) in [4.78, 5) is 17.6. The van der Waals surface area contributed by atoms with Crippen LogP contribution in [0.1, 0.15) is 26.3 Å². The summed E-state index contributed by atoms with van der Waals surface area (Å²) in [5.74, 6) is -0.207. The fraction of sp³-hybridized carbons (Fsp3) is 0.467. The number of likely N-dealkylation sites (N-methyl/N-ethyl adjacent to an activating group) is 1. The van der Waals surface area contributed by atoms with Crippen molar-refractivity contribution in [2.45, 2.75) is 32.4 Å². The molecule has 2 rings (SSSR count). The van der Waals surface area contributed by atoms with Crippen molar-refractivity contribution in [3.63, 3.8) is 0 Å². The highest BCUT2D eigenvalue weighted by atomic mass is 19.1. The number of carbonyl (C=O) groups excluding carboxylic acids is 1. The third-order valence-corrected chi connectivity index (χ3v) is 4.75. The van der Waals surface area contributed by atoms with Gasteiger partial charge in [-0.15, -0.1) is 0 Å². The Kier molecular flexibility index (Phi) is 3.43. The van der Waals surface area contributed by atoms with E-state index in [0.29, 0.717) is 11.3 Å². The first-order chi connectivity index (χ1) is 9.65. The Bertz CT molecular complexity index is 614. The average Bonchev–Trinajstić information content (AvgIpc) is 2.40. The average molecular weight is 292 g/mol. The number of benzene rings is 1. The van der Waals surface area contributed by atoms with Gasteiger partial charge in [-0.25, -0.2) is 9.38 Å². The maximum absolute atomic E-state index is 14.3. The van der Waals surface area contributed by atoms with E-state index in [9.17, 15) is 9.18 Å². The molecule has 0 fully saturated rings. The molecule has 0 spiro atoms. The van der Waals surface area contributed by atoms with Crippen molar-refractivity contribution in [2.75, 3.05) is 12.8 Å². The first kappa shape index (κ1) is 15.3. The number of nitrogens with two attached hydrogens (primary N) is 2. The fourth-order valence-corrected chi connectivity index (χ4v) is 2.95. The molecule has 0 radical (unpaired) electrons. The summed E-state index contributed by atoms with van der Waals surface area (Å²) in [5, 5.41) is 0. The van der Waals surface area contributed by atoms with E-state index in [1.165, 1.54) is 12.1 Å². The van der Waals surface area contributed by atoms with Gasteiger partial charge in [0, 0.05) is 23.7 Å². The smallest absolute Gasteiger partial charge is 0.192 e. The van der Waals surface area contributed by atoms with Crippen molar-refractivity contribution in [1.29, 1.82) is 0 Å². The van der Waals surface area contributed by atoms with Gasteiger partial charge in [0.2, 0.25) is 0 Å². The van der Waals surface area contributed by atoms with Crippen LogP contribution < -0.4 is 11.5 Å². The molecule has 4 N–H and O–H groups in total. The summed E-state index contributed by atoms with van der Waals surface area (Å²) in [5.41, 5.74) is 10.8. The molecule has 6 heteroatoms. The second-order valence-electron chi connectivity index (χ2n) is 6.20. The molecule has 1 heterocycles. The molecule has 1 aromatic rings. The number of nitrogen functional groups attached to an aromatic ring is 1. The molecular weight excluding hydrogens is 271 g/mol. The van der Waals surface area contributed by atoms with Gasteiger partial charge in [0.05, 0.1) is 11.6 Å². The molecule has 5 nitrogen and oxygen atoms in total. The van der Waals surface area contributed by atoms with Crippen molar-refractivity contribution in [2.24, 2.45) is 16.1 Å². The number of anilines is 1. The van der Waals surface area contributed by atoms with Crippen LogP contribution in [0.15, 0.2) is 23.2 Å². The Morgan fingerprint density at radius 2 is 1.95 bits per heavy atom. The van der Waals surface area contributed by atoms with E-state index >= 15 is 0 Å². The third-order valence-electron chi connectivity index (χ3n) is 4.75. The maximum Gasteiger partial charge on any atom is 0.192 e. The molecule has 0 aliphatic carbocycles. The van der Waals surface area contributed by atoms with Crippen LogP contribution in [0.5, 0.6) is 0 Å². The minimum absolute atomic E-state index is 0.204. The van der Waals surface area contributed by atoms with Crippen molar-refractivity contribution >= 4 is 17.9 Å². The lowest BCUT2D eigenvalue weighted by Crippen LogP contribution is -2.61. The standard InChI is InChI=1S/C15H21FN4O/c1-14(2)12(8-21)20(4)13(18)19-15(14,3)10-7-9(17)5-6-11(10)16/h5-8,12H,17H2,1-4H3,(H2,18,19). The molecule has 1 aromatic carbocycles. The Morgan fingerprint density at radius 3 is 2.52 bits per heavy atom. The lowest BCUT2D eigenvalue weighted by atomic mass is 9.64.